The van der Waals surface area contributed by atoms with E-state index in [0.717, 1.165) is 44.6 Å². The van der Waals surface area contributed by atoms with Gasteiger partial charge in [0.15, 0.2) is 9.84 Å². The van der Waals surface area contributed by atoms with Crippen molar-refractivity contribution in [3.63, 3.8) is 0 Å². The van der Waals surface area contributed by atoms with Gasteiger partial charge in [-0.3, -0.25) is 0 Å². The second-order valence-corrected chi connectivity index (χ2v) is 8.69. The van der Waals surface area contributed by atoms with Gasteiger partial charge in [-0.05, 0) is 38.1 Å². The molecule has 0 aromatic heterocycles. The zero-order valence-corrected chi connectivity index (χ0v) is 13.1. The summed E-state index contributed by atoms with van der Waals surface area (Å²) in [6.07, 6.45) is 10.2. The van der Waals surface area contributed by atoms with Crippen molar-refractivity contribution in [3.05, 3.63) is 0 Å². The molecule has 0 spiro atoms. The van der Waals surface area contributed by atoms with E-state index in [1.165, 1.54) is 25.7 Å². The Bertz CT molecular complexity index is 360. The van der Waals surface area contributed by atoms with Crippen LogP contribution in [0.3, 0.4) is 0 Å². The molecule has 1 heterocycles. The first-order valence-electron chi connectivity index (χ1n) is 8.08. The highest BCUT2D eigenvalue weighted by molar-refractivity contribution is 7.92. The van der Waals surface area contributed by atoms with Crippen molar-refractivity contribution < 1.29 is 8.42 Å². The summed E-state index contributed by atoms with van der Waals surface area (Å²) in [7, 11) is -2.86. The van der Waals surface area contributed by atoms with Crippen LogP contribution < -0.4 is 5.32 Å². The van der Waals surface area contributed by atoms with Crippen molar-refractivity contribution in [2.75, 3.05) is 12.3 Å². The van der Waals surface area contributed by atoms with E-state index in [-0.39, 0.29) is 11.3 Å². The summed E-state index contributed by atoms with van der Waals surface area (Å²) in [6, 6.07) is 0.202. The molecule has 3 nitrogen and oxygen atoms in total. The van der Waals surface area contributed by atoms with E-state index in [0.29, 0.717) is 5.75 Å². The lowest BCUT2D eigenvalue weighted by atomic mass is 9.94. The highest BCUT2D eigenvalue weighted by Gasteiger charge is 2.36. The van der Waals surface area contributed by atoms with Gasteiger partial charge in [0.25, 0.3) is 0 Å². The maximum atomic E-state index is 12.3. The maximum absolute atomic E-state index is 12.3. The van der Waals surface area contributed by atoms with E-state index in [1.54, 1.807) is 0 Å². The normalized spacial score (nSPS) is 29.4. The molecule has 0 bridgehead atoms. The highest BCUT2D eigenvalue weighted by atomic mass is 32.2. The molecule has 1 aliphatic carbocycles. The Morgan fingerprint density at radius 3 is 2.42 bits per heavy atom. The number of hydrogen-bond donors (Lipinski definition) is 1. The van der Waals surface area contributed by atoms with E-state index >= 15 is 0 Å². The molecule has 2 fully saturated rings. The molecule has 112 valence electrons. The van der Waals surface area contributed by atoms with Crippen LogP contribution in [0.4, 0.5) is 0 Å². The van der Waals surface area contributed by atoms with Gasteiger partial charge < -0.3 is 5.32 Å². The zero-order chi connectivity index (χ0) is 13.7. The summed E-state index contributed by atoms with van der Waals surface area (Å²) in [5.41, 5.74) is 0. The van der Waals surface area contributed by atoms with Crippen LogP contribution in [0.25, 0.3) is 0 Å². The Hall–Kier alpha value is -0.0900. The second kappa shape index (κ2) is 7.07. The van der Waals surface area contributed by atoms with Crippen molar-refractivity contribution in [1.82, 2.24) is 5.32 Å². The zero-order valence-electron chi connectivity index (χ0n) is 12.2. The molecule has 0 radical (unpaired) electrons. The highest BCUT2D eigenvalue weighted by Crippen LogP contribution is 2.32. The first-order valence-corrected chi connectivity index (χ1v) is 9.80. The van der Waals surface area contributed by atoms with Crippen LogP contribution in [-0.4, -0.2) is 32.0 Å². The summed E-state index contributed by atoms with van der Waals surface area (Å²) in [4.78, 5) is 0. The van der Waals surface area contributed by atoms with Gasteiger partial charge in [0.05, 0.1) is 11.0 Å². The minimum Gasteiger partial charge on any atom is -0.313 e. The molecule has 2 atom stereocenters. The first kappa shape index (κ1) is 15.3. The van der Waals surface area contributed by atoms with E-state index < -0.39 is 9.84 Å². The Labute approximate surface area is 118 Å². The first-order chi connectivity index (χ1) is 9.13. The third-order valence-electron chi connectivity index (χ3n) is 4.80. The molecule has 19 heavy (non-hydrogen) atoms. The third-order valence-corrected chi connectivity index (χ3v) is 7.14. The quantitative estimate of drug-likeness (QED) is 0.817. The van der Waals surface area contributed by atoms with Crippen LogP contribution in [0.2, 0.25) is 0 Å². The molecule has 1 N–H and O–H groups in total. The standard InChI is InChI=1S/C15H29NO2S/c1-2-10-16-14(12-13-7-3-4-8-13)15-9-5-6-11-19(15,17)18/h13-16H,2-12H2,1H3. The number of sulfone groups is 1. The molecule has 0 aromatic rings. The van der Waals surface area contributed by atoms with Crippen LogP contribution in [0, 0.1) is 5.92 Å². The van der Waals surface area contributed by atoms with Gasteiger partial charge in [-0.15, -0.1) is 0 Å². The van der Waals surface area contributed by atoms with Gasteiger partial charge >= 0.3 is 0 Å². The van der Waals surface area contributed by atoms with E-state index in [1.807, 2.05) is 0 Å². The molecule has 0 amide bonds. The van der Waals surface area contributed by atoms with Crippen LogP contribution in [0.15, 0.2) is 0 Å². The maximum Gasteiger partial charge on any atom is 0.154 e. The summed E-state index contributed by atoms with van der Waals surface area (Å²) in [6.45, 7) is 3.10. The minimum absolute atomic E-state index is 0.117. The van der Waals surface area contributed by atoms with Gasteiger partial charge in [-0.25, -0.2) is 8.42 Å². The Morgan fingerprint density at radius 1 is 1.11 bits per heavy atom. The molecule has 0 aromatic carbocycles. The topological polar surface area (TPSA) is 46.2 Å². The second-order valence-electron chi connectivity index (χ2n) is 6.35. The van der Waals surface area contributed by atoms with Gasteiger partial charge in [0.2, 0.25) is 0 Å². The van der Waals surface area contributed by atoms with Crippen LogP contribution in [0.5, 0.6) is 0 Å². The molecular weight excluding hydrogens is 258 g/mol. The lowest BCUT2D eigenvalue weighted by Crippen LogP contribution is -2.47. The fraction of sp³-hybridized carbons (Fsp3) is 1.00. The smallest absolute Gasteiger partial charge is 0.154 e. The van der Waals surface area contributed by atoms with Gasteiger partial charge in [-0.2, -0.15) is 0 Å². The summed E-state index contributed by atoms with van der Waals surface area (Å²) < 4.78 is 24.6. The van der Waals surface area contributed by atoms with Gasteiger partial charge in [-0.1, -0.05) is 39.0 Å². The van der Waals surface area contributed by atoms with E-state index in [4.69, 9.17) is 0 Å². The number of rotatable bonds is 6. The average molecular weight is 287 g/mol. The average Bonchev–Trinajstić information content (AvgIpc) is 2.87. The lowest BCUT2D eigenvalue weighted by molar-refractivity contribution is 0.356. The van der Waals surface area contributed by atoms with Gasteiger partial charge in [0.1, 0.15) is 0 Å². The summed E-state index contributed by atoms with van der Waals surface area (Å²) in [5, 5.41) is 3.43. The van der Waals surface area contributed by atoms with Crippen molar-refractivity contribution in [2.45, 2.75) is 76.0 Å². The molecule has 2 rings (SSSR count). The number of hydrogen-bond acceptors (Lipinski definition) is 3. The Kier molecular flexibility index (Phi) is 5.70. The van der Waals surface area contributed by atoms with Crippen LogP contribution in [0.1, 0.15) is 64.7 Å². The predicted octanol–water partition coefficient (Wildman–Crippen LogP) is 2.90. The Morgan fingerprint density at radius 2 is 1.79 bits per heavy atom. The Balaban J connectivity index is 2.02. The molecule has 2 aliphatic rings. The van der Waals surface area contributed by atoms with E-state index in [2.05, 4.69) is 12.2 Å². The molecule has 4 heteroatoms. The van der Waals surface area contributed by atoms with Gasteiger partial charge in [0, 0.05) is 6.04 Å². The van der Waals surface area contributed by atoms with Crippen molar-refractivity contribution in [3.8, 4) is 0 Å². The lowest BCUT2D eigenvalue weighted by Gasteiger charge is -2.32. The predicted molar refractivity (Wildman–Crippen MR) is 80.1 cm³/mol. The molecular formula is C15H29NO2S. The largest absolute Gasteiger partial charge is 0.313 e. The summed E-state index contributed by atoms with van der Waals surface area (Å²) in [5.74, 6) is 1.17. The minimum atomic E-state index is -2.86. The van der Waals surface area contributed by atoms with Crippen LogP contribution in [-0.2, 0) is 9.84 Å². The monoisotopic (exact) mass is 287 g/mol. The fourth-order valence-corrected chi connectivity index (χ4v) is 5.88. The van der Waals surface area contributed by atoms with Crippen molar-refractivity contribution in [2.24, 2.45) is 5.92 Å². The molecule has 1 saturated carbocycles. The molecule has 2 unspecified atom stereocenters. The SMILES string of the molecule is CCCNC(CC1CCCC1)C1CCCCS1(=O)=O. The summed E-state index contributed by atoms with van der Waals surface area (Å²) >= 11 is 0. The molecule has 1 saturated heterocycles. The van der Waals surface area contributed by atoms with E-state index in [9.17, 15) is 8.42 Å². The molecule has 1 aliphatic heterocycles. The third kappa shape index (κ3) is 4.19. The fourth-order valence-electron chi connectivity index (χ4n) is 3.73. The van der Waals surface area contributed by atoms with Crippen molar-refractivity contribution in [1.29, 1.82) is 0 Å². The number of nitrogens with one attached hydrogen (secondary N) is 1. The van der Waals surface area contributed by atoms with Crippen molar-refractivity contribution >= 4 is 9.84 Å². The van der Waals surface area contributed by atoms with Crippen LogP contribution >= 0.6 is 0 Å².